The van der Waals surface area contributed by atoms with Crippen LogP contribution in [0.5, 0.6) is 0 Å². The van der Waals surface area contributed by atoms with E-state index in [-0.39, 0.29) is 24.5 Å². The van der Waals surface area contributed by atoms with E-state index in [2.05, 4.69) is 34.9 Å². The molecule has 2 aromatic carbocycles. The molecule has 2 aromatic rings. The van der Waals surface area contributed by atoms with Crippen LogP contribution in [0.2, 0.25) is 0 Å². The van der Waals surface area contributed by atoms with Gasteiger partial charge in [0.1, 0.15) is 12.6 Å². The molecule has 35 heavy (non-hydrogen) atoms. The van der Waals surface area contributed by atoms with Gasteiger partial charge in [-0.05, 0) is 41.5 Å². The second-order valence-corrected chi connectivity index (χ2v) is 9.51. The Balaban J connectivity index is 1.41. The van der Waals surface area contributed by atoms with Gasteiger partial charge in [-0.1, -0.05) is 81.1 Å². The molecule has 7 heteroatoms. The molecular formula is C28H34N2O5. The Morgan fingerprint density at radius 2 is 1.60 bits per heavy atom. The van der Waals surface area contributed by atoms with Crippen LogP contribution in [-0.2, 0) is 14.3 Å². The van der Waals surface area contributed by atoms with Gasteiger partial charge in [-0.25, -0.2) is 9.59 Å². The zero-order valence-electron chi connectivity index (χ0n) is 20.2. The summed E-state index contributed by atoms with van der Waals surface area (Å²) in [6.45, 7) is 2.09. The van der Waals surface area contributed by atoms with E-state index in [4.69, 9.17) is 4.74 Å². The van der Waals surface area contributed by atoms with Gasteiger partial charge in [0, 0.05) is 12.0 Å². The summed E-state index contributed by atoms with van der Waals surface area (Å²) in [5, 5.41) is 15.0. The normalized spacial score (nSPS) is 20.1. The smallest absolute Gasteiger partial charge is 0.407 e. The Labute approximate surface area is 206 Å². The van der Waals surface area contributed by atoms with Crippen molar-refractivity contribution in [3.8, 4) is 11.1 Å². The molecule has 0 saturated heterocycles. The maximum absolute atomic E-state index is 13.0. The maximum Gasteiger partial charge on any atom is 0.407 e. The predicted molar refractivity (Wildman–Crippen MR) is 133 cm³/mol. The summed E-state index contributed by atoms with van der Waals surface area (Å²) in [6, 6.07) is 15.0. The summed E-state index contributed by atoms with van der Waals surface area (Å²) in [7, 11) is 0. The number of carbonyl (C=O) groups is 3. The number of ether oxygens (including phenoxy) is 1. The number of carboxylic acid groups (broad SMARTS) is 1. The lowest BCUT2D eigenvalue weighted by Gasteiger charge is -2.27. The van der Waals surface area contributed by atoms with Crippen molar-refractivity contribution in [2.24, 2.45) is 5.92 Å². The van der Waals surface area contributed by atoms with Crippen molar-refractivity contribution in [2.75, 3.05) is 6.61 Å². The lowest BCUT2D eigenvalue weighted by molar-refractivity contribution is -0.142. The summed E-state index contributed by atoms with van der Waals surface area (Å²) < 4.78 is 5.69. The van der Waals surface area contributed by atoms with Gasteiger partial charge in [-0.2, -0.15) is 0 Å². The molecule has 0 radical (unpaired) electrons. The molecule has 0 spiro atoms. The highest BCUT2D eigenvalue weighted by Gasteiger charge is 2.34. The molecule has 1 fully saturated rings. The van der Waals surface area contributed by atoms with E-state index in [0.717, 1.165) is 41.5 Å². The van der Waals surface area contributed by atoms with E-state index in [1.54, 1.807) is 0 Å². The minimum atomic E-state index is -1.03. The molecule has 0 aromatic heterocycles. The second-order valence-electron chi connectivity index (χ2n) is 9.51. The van der Waals surface area contributed by atoms with Crippen molar-refractivity contribution in [3.05, 3.63) is 59.7 Å². The van der Waals surface area contributed by atoms with Gasteiger partial charge in [0.05, 0.1) is 5.92 Å². The first-order valence-corrected chi connectivity index (χ1v) is 12.6. The molecule has 186 valence electrons. The largest absolute Gasteiger partial charge is 0.480 e. The fourth-order valence-electron chi connectivity index (χ4n) is 5.41. The van der Waals surface area contributed by atoms with Gasteiger partial charge in [-0.15, -0.1) is 0 Å². The molecule has 0 unspecified atom stereocenters. The lowest BCUT2D eigenvalue weighted by atomic mass is 9.93. The van der Waals surface area contributed by atoms with Crippen LogP contribution in [0, 0.1) is 5.92 Å². The first-order chi connectivity index (χ1) is 17.0. The molecule has 2 aliphatic rings. The first kappa shape index (κ1) is 24.8. The van der Waals surface area contributed by atoms with Crippen molar-refractivity contribution in [2.45, 2.75) is 69.9 Å². The number of alkyl carbamates (subject to hydrolysis) is 1. The van der Waals surface area contributed by atoms with E-state index < -0.39 is 24.0 Å². The molecule has 2 amide bonds. The van der Waals surface area contributed by atoms with Gasteiger partial charge in [0.15, 0.2) is 0 Å². The second kappa shape index (κ2) is 11.4. The van der Waals surface area contributed by atoms with Gasteiger partial charge < -0.3 is 20.5 Å². The molecule has 7 nitrogen and oxygen atoms in total. The summed E-state index contributed by atoms with van der Waals surface area (Å²) in [5.41, 5.74) is 4.61. The number of benzene rings is 2. The standard InChI is InChI=1S/C28H34N2O5/c1-2-10-25(27(32)33)29-26(31)22-15-4-3-5-16-24(22)30-28(34)35-17-23-20-13-8-6-11-18(20)19-12-7-9-14-21(19)23/h6-9,11-14,22-25H,2-5,10,15-17H2,1H3,(H,29,31)(H,30,34)(H,32,33)/t22-,24+,25-/m1/s1. The topological polar surface area (TPSA) is 105 Å². The average Bonchev–Trinajstić information content (AvgIpc) is 2.98. The third kappa shape index (κ3) is 5.66. The van der Waals surface area contributed by atoms with Gasteiger partial charge in [-0.3, -0.25) is 4.79 Å². The zero-order valence-corrected chi connectivity index (χ0v) is 20.2. The Morgan fingerprint density at radius 3 is 2.23 bits per heavy atom. The average molecular weight is 479 g/mol. The highest BCUT2D eigenvalue weighted by Crippen LogP contribution is 2.44. The highest BCUT2D eigenvalue weighted by molar-refractivity contribution is 5.86. The number of amides is 2. The van der Waals surface area contributed by atoms with Crippen LogP contribution in [-0.4, -0.2) is 41.8 Å². The number of carboxylic acids is 1. The Bertz CT molecular complexity index is 1020. The lowest BCUT2D eigenvalue weighted by Crippen LogP contribution is -2.50. The fraction of sp³-hybridized carbons (Fsp3) is 0.464. The van der Waals surface area contributed by atoms with Crippen molar-refractivity contribution in [3.63, 3.8) is 0 Å². The van der Waals surface area contributed by atoms with E-state index >= 15 is 0 Å². The van der Waals surface area contributed by atoms with E-state index in [1.165, 1.54) is 0 Å². The number of nitrogens with one attached hydrogen (secondary N) is 2. The predicted octanol–water partition coefficient (Wildman–Crippen LogP) is 4.84. The van der Waals surface area contributed by atoms with Crippen LogP contribution in [0.25, 0.3) is 11.1 Å². The molecule has 4 rings (SSSR count). The van der Waals surface area contributed by atoms with Gasteiger partial charge in [0.2, 0.25) is 5.91 Å². The molecule has 0 aliphatic heterocycles. The molecule has 0 bridgehead atoms. The summed E-state index contributed by atoms with van der Waals surface area (Å²) >= 11 is 0. The first-order valence-electron chi connectivity index (χ1n) is 12.6. The Morgan fingerprint density at radius 1 is 0.971 bits per heavy atom. The van der Waals surface area contributed by atoms with Crippen LogP contribution in [0.1, 0.15) is 68.9 Å². The number of aliphatic carboxylic acids is 1. The number of carbonyl (C=O) groups excluding carboxylic acids is 2. The van der Waals surface area contributed by atoms with Crippen molar-refractivity contribution in [1.29, 1.82) is 0 Å². The third-order valence-electron chi connectivity index (χ3n) is 7.19. The van der Waals surface area contributed by atoms with Gasteiger partial charge >= 0.3 is 12.1 Å². The molecule has 1 saturated carbocycles. The highest BCUT2D eigenvalue weighted by atomic mass is 16.5. The van der Waals surface area contributed by atoms with Crippen molar-refractivity contribution in [1.82, 2.24) is 10.6 Å². The number of rotatable bonds is 8. The quantitative estimate of drug-likeness (QED) is 0.471. The van der Waals surface area contributed by atoms with Gasteiger partial charge in [0.25, 0.3) is 0 Å². The molecule has 2 aliphatic carbocycles. The summed E-state index contributed by atoms with van der Waals surface area (Å²) in [6.07, 6.45) is 4.50. The van der Waals surface area contributed by atoms with E-state index in [1.807, 2.05) is 31.2 Å². The van der Waals surface area contributed by atoms with Crippen LogP contribution in [0.15, 0.2) is 48.5 Å². The monoisotopic (exact) mass is 478 g/mol. The van der Waals surface area contributed by atoms with E-state index in [0.29, 0.717) is 25.7 Å². The van der Waals surface area contributed by atoms with Crippen molar-refractivity contribution >= 4 is 18.0 Å². The van der Waals surface area contributed by atoms with Crippen LogP contribution >= 0.6 is 0 Å². The maximum atomic E-state index is 13.0. The number of hydrogen-bond acceptors (Lipinski definition) is 4. The number of fused-ring (bicyclic) bond motifs is 3. The van der Waals surface area contributed by atoms with Crippen molar-refractivity contribution < 1.29 is 24.2 Å². The SMILES string of the molecule is CCC[C@@H](NC(=O)[C@@H]1CCCCC[C@@H]1NC(=O)OCC1c2ccccc2-c2ccccc21)C(=O)O. The Kier molecular flexibility index (Phi) is 8.06. The van der Waals surface area contributed by atoms with Crippen LogP contribution < -0.4 is 10.6 Å². The van der Waals surface area contributed by atoms with Crippen LogP contribution in [0.4, 0.5) is 4.79 Å². The minimum Gasteiger partial charge on any atom is -0.480 e. The molecule has 0 heterocycles. The van der Waals surface area contributed by atoms with Crippen LogP contribution in [0.3, 0.4) is 0 Å². The number of hydrogen-bond donors (Lipinski definition) is 3. The molecular weight excluding hydrogens is 444 g/mol. The fourth-order valence-corrected chi connectivity index (χ4v) is 5.41. The molecule has 3 N–H and O–H groups in total. The zero-order chi connectivity index (χ0) is 24.8. The summed E-state index contributed by atoms with van der Waals surface area (Å²) in [5.74, 6) is -1.85. The minimum absolute atomic E-state index is 0.0354. The van der Waals surface area contributed by atoms with E-state index in [9.17, 15) is 19.5 Å². The third-order valence-corrected chi connectivity index (χ3v) is 7.19. The summed E-state index contributed by atoms with van der Waals surface area (Å²) in [4.78, 5) is 37.4. The Hall–Kier alpha value is -3.35. The molecule has 3 atom stereocenters.